The first-order valence-corrected chi connectivity index (χ1v) is 6.07. The van der Waals surface area contributed by atoms with E-state index >= 15 is 0 Å². The summed E-state index contributed by atoms with van der Waals surface area (Å²) in [6.45, 7) is 5.62. The lowest BCUT2D eigenvalue weighted by atomic mass is 9.93. The molecule has 1 aliphatic heterocycles. The van der Waals surface area contributed by atoms with Crippen molar-refractivity contribution in [3.05, 3.63) is 35.9 Å². The monoisotopic (exact) mass is 237 g/mol. The van der Waals surface area contributed by atoms with Crippen molar-refractivity contribution in [1.29, 1.82) is 0 Å². The Kier molecular flexibility index (Phi) is 3.29. The first-order chi connectivity index (χ1) is 7.58. The van der Waals surface area contributed by atoms with Crippen molar-refractivity contribution in [1.82, 2.24) is 0 Å². The van der Waals surface area contributed by atoms with Crippen molar-refractivity contribution in [2.24, 2.45) is 5.41 Å². The molecule has 0 atom stereocenters. The summed E-state index contributed by atoms with van der Waals surface area (Å²) in [5, 5.41) is 0. The van der Waals surface area contributed by atoms with Gasteiger partial charge >= 0.3 is 0 Å². The average molecular weight is 237 g/mol. The molecule has 87 valence electrons. The van der Waals surface area contributed by atoms with Gasteiger partial charge in [-0.25, -0.2) is 0 Å². The Morgan fingerprint density at radius 3 is 2.19 bits per heavy atom. The maximum absolute atomic E-state index is 5.89. The van der Waals surface area contributed by atoms with Gasteiger partial charge in [-0.15, -0.1) is 0 Å². The van der Waals surface area contributed by atoms with Crippen LogP contribution in [0.4, 0.5) is 0 Å². The molecule has 1 aliphatic rings. The SMILES string of the molecule is CC1(C)COC(C[S])(c2ccccc2)OC1. The molecule has 0 N–H and O–H groups in total. The Bertz CT molecular complexity index is 338. The zero-order valence-corrected chi connectivity index (χ0v) is 10.5. The van der Waals surface area contributed by atoms with Crippen LogP contribution in [0.3, 0.4) is 0 Å². The van der Waals surface area contributed by atoms with Crippen LogP contribution in [0.1, 0.15) is 19.4 Å². The van der Waals surface area contributed by atoms with Crippen molar-refractivity contribution < 1.29 is 9.47 Å². The van der Waals surface area contributed by atoms with Crippen molar-refractivity contribution in [2.75, 3.05) is 19.0 Å². The fourth-order valence-corrected chi connectivity index (χ4v) is 2.07. The molecule has 0 aliphatic carbocycles. The molecule has 0 spiro atoms. The molecule has 0 amide bonds. The molecule has 1 saturated heterocycles. The lowest BCUT2D eigenvalue weighted by Gasteiger charge is -2.42. The van der Waals surface area contributed by atoms with E-state index in [0.717, 1.165) is 5.56 Å². The topological polar surface area (TPSA) is 18.5 Å². The highest BCUT2D eigenvalue weighted by Crippen LogP contribution is 2.37. The van der Waals surface area contributed by atoms with E-state index in [1.165, 1.54) is 0 Å². The van der Waals surface area contributed by atoms with E-state index in [1.54, 1.807) is 0 Å². The van der Waals surface area contributed by atoms with Crippen LogP contribution in [0, 0.1) is 5.41 Å². The number of rotatable bonds is 2. The van der Waals surface area contributed by atoms with E-state index < -0.39 is 5.79 Å². The van der Waals surface area contributed by atoms with Crippen LogP contribution in [-0.2, 0) is 15.3 Å². The lowest BCUT2D eigenvalue weighted by Crippen LogP contribution is -2.46. The lowest BCUT2D eigenvalue weighted by molar-refractivity contribution is -0.294. The van der Waals surface area contributed by atoms with Crippen LogP contribution in [0.25, 0.3) is 0 Å². The number of ether oxygens (including phenoxy) is 2. The molecule has 2 nitrogen and oxygen atoms in total. The van der Waals surface area contributed by atoms with Gasteiger partial charge in [0.1, 0.15) is 0 Å². The van der Waals surface area contributed by atoms with E-state index in [-0.39, 0.29) is 5.41 Å². The minimum atomic E-state index is -0.716. The highest BCUT2D eigenvalue weighted by Gasteiger charge is 2.41. The van der Waals surface area contributed by atoms with Gasteiger partial charge in [0.2, 0.25) is 5.79 Å². The molecule has 0 bridgehead atoms. The third-order valence-corrected chi connectivity index (χ3v) is 3.18. The summed E-state index contributed by atoms with van der Waals surface area (Å²) in [4.78, 5) is 0. The zero-order valence-electron chi connectivity index (χ0n) is 9.73. The number of benzene rings is 1. The van der Waals surface area contributed by atoms with Crippen LogP contribution in [0.15, 0.2) is 30.3 Å². The highest BCUT2D eigenvalue weighted by molar-refractivity contribution is 7.80. The van der Waals surface area contributed by atoms with E-state index in [9.17, 15) is 0 Å². The molecule has 0 saturated carbocycles. The normalized spacial score (nSPS) is 22.9. The van der Waals surface area contributed by atoms with Crippen molar-refractivity contribution in [3.8, 4) is 0 Å². The summed E-state index contributed by atoms with van der Waals surface area (Å²) in [7, 11) is 0. The van der Waals surface area contributed by atoms with Gasteiger partial charge in [-0.05, 0) is 0 Å². The van der Waals surface area contributed by atoms with E-state index in [1.807, 2.05) is 30.3 Å². The largest absolute Gasteiger partial charge is 0.345 e. The predicted molar refractivity (Wildman–Crippen MR) is 66.3 cm³/mol. The van der Waals surface area contributed by atoms with Gasteiger partial charge in [-0.1, -0.05) is 56.8 Å². The summed E-state index contributed by atoms with van der Waals surface area (Å²) < 4.78 is 11.8. The fraction of sp³-hybridized carbons (Fsp3) is 0.538. The Morgan fingerprint density at radius 1 is 1.12 bits per heavy atom. The average Bonchev–Trinajstić information content (AvgIpc) is 2.31. The zero-order chi connectivity index (χ0) is 11.6. The van der Waals surface area contributed by atoms with E-state index in [0.29, 0.717) is 19.0 Å². The van der Waals surface area contributed by atoms with Crippen LogP contribution < -0.4 is 0 Å². The van der Waals surface area contributed by atoms with Gasteiger partial charge < -0.3 is 9.47 Å². The summed E-state index contributed by atoms with van der Waals surface area (Å²) in [6.07, 6.45) is 0. The molecule has 1 aromatic rings. The Morgan fingerprint density at radius 2 is 1.69 bits per heavy atom. The third-order valence-electron chi connectivity index (χ3n) is 2.80. The molecule has 1 radical (unpaired) electrons. The second-order valence-corrected chi connectivity index (χ2v) is 5.29. The molecule has 1 fully saturated rings. The van der Waals surface area contributed by atoms with Crippen molar-refractivity contribution in [3.63, 3.8) is 0 Å². The van der Waals surface area contributed by atoms with Gasteiger partial charge in [0.25, 0.3) is 0 Å². The molecule has 16 heavy (non-hydrogen) atoms. The van der Waals surface area contributed by atoms with Crippen molar-refractivity contribution in [2.45, 2.75) is 19.6 Å². The molecular weight excluding hydrogens is 220 g/mol. The summed E-state index contributed by atoms with van der Waals surface area (Å²) in [6, 6.07) is 9.95. The molecule has 1 heterocycles. The van der Waals surface area contributed by atoms with Gasteiger partial charge in [-0.3, -0.25) is 0 Å². The molecule has 0 aromatic heterocycles. The molecule has 3 heteroatoms. The molecule has 0 unspecified atom stereocenters. The minimum Gasteiger partial charge on any atom is -0.345 e. The predicted octanol–water partition coefficient (Wildman–Crippen LogP) is 3.11. The van der Waals surface area contributed by atoms with Gasteiger partial charge in [-0.2, -0.15) is 0 Å². The first kappa shape index (κ1) is 12.0. The minimum absolute atomic E-state index is 0.0722. The standard InChI is InChI=1S/C13H17O2S/c1-12(2)8-14-13(10-16,15-9-12)11-6-4-3-5-7-11/h3-7H,8-10H2,1-2H3. The first-order valence-electron chi connectivity index (χ1n) is 5.50. The molecular formula is C13H17O2S. The summed E-state index contributed by atoms with van der Waals surface area (Å²) >= 11 is 5.19. The van der Waals surface area contributed by atoms with Crippen LogP contribution >= 0.6 is 12.6 Å². The van der Waals surface area contributed by atoms with Gasteiger partial charge in [0, 0.05) is 11.0 Å². The van der Waals surface area contributed by atoms with E-state index in [2.05, 4.69) is 13.8 Å². The molecule has 2 rings (SSSR count). The Balaban J connectivity index is 2.23. The fourth-order valence-electron chi connectivity index (χ4n) is 1.73. The van der Waals surface area contributed by atoms with E-state index in [4.69, 9.17) is 22.1 Å². The smallest absolute Gasteiger partial charge is 0.205 e. The Labute approximate surface area is 102 Å². The third kappa shape index (κ3) is 2.26. The second-order valence-electron chi connectivity index (χ2n) is 5.00. The van der Waals surface area contributed by atoms with Crippen LogP contribution in [0.2, 0.25) is 0 Å². The van der Waals surface area contributed by atoms with Crippen molar-refractivity contribution >= 4 is 12.6 Å². The number of hydrogen-bond donors (Lipinski definition) is 0. The summed E-state index contributed by atoms with van der Waals surface area (Å²) in [5.74, 6) is -0.292. The molecule has 1 aromatic carbocycles. The maximum Gasteiger partial charge on any atom is 0.205 e. The number of hydrogen-bond acceptors (Lipinski definition) is 2. The highest BCUT2D eigenvalue weighted by atomic mass is 32.1. The van der Waals surface area contributed by atoms with Gasteiger partial charge in [0.15, 0.2) is 0 Å². The maximum atomic E-state index is 5.89. The van der Waals surface area contributed by atoms with Crippen LogP contribution in [0.5, 0.6) is 0 Å². The second kappa shape index (κ2) is 4.40. The Hall–Kier alpha value is -0.510. The quantitative estimate of drug-likeness (QED) is 0.787. The van der Waals surface area contributed by atoms with Gasteiger partial charge in [0.05, 0.1) is 19.0 Å². The van der Waals surface area contributed by atoms with Crippen LogP contribution in [-0.4, -0.2) is 19.0 Å². The summed E-state index contributed by atoms with van der Waals surface area (Å²) in [5.41, 5.74) is 1.09.